The van der Waals surface area contributed by atoms with Gasteiger partial charge in [0.15, 0.2) is 0 Å². The quantitative estimate of drug-likeness (QED) is 0.614. The first-order valence-electron chi connectivity index (χ1n) is 6.20. The third-order valence-corrected chi connectivity index (χ3v) is 4.30. The maximum absolute atomic E-state index is 10.4. The Morgan fingerprint density at radius 2 is 1.89 bits per heavy atom. The van der Waals surface area contributed by atoms with E-state index in [0.29, 0.717) is 0 Å². The third kappa shape index (κ3) is 4.84. The van der Waals surface area contributed by atoms with Crippen LogP contribution in [-0.2, 0) is 0 Å². The molecule has 0 aromatic heterocycles. The minimum absolute atomic E-state index is 0.0436. The van der Waals surface area contributed by atoms with Crippen LogP contribution < -0.4 is 0 Å². The van der Waals surface area contributed by atoms with Crippen LogP contribution in [-0.4, -0.2) is 27.7 Å². The normalized spacial score (nSPS) is 18.5. The van der Waals surface area contributed by atoms with Crippen LogP contribution in [0.4, 0.5) is 0 Å². The van der Waals surface area contributed by atoms with Crippen molar-refractivity contribution in [2.24, 2.45) is 5.92 Å². The van der Waals surface area contributed by atoms with E-state index >= 15 is 0 Å². The van der Waals surface area contributed by atoms with E-state index in [4.69, 9.17) is 5.11 Å². The number of benzene rings is 1. The number of rotatable bonds is 6. The molecular weight excluding hydrogens is 244 g/mol. The monoisotopic (exact) mass is 266 g/mol. The molecule has 2 N–H and O–H groups in total. The topological polar surface area (TPSA) is 40.5 Å². The Labute approximate surface area is 114 Å². The summed E-state index contributed by atoms with van der Waals surface area (Å²) >= 11 is 1.65. The van der Waals surface area contributed by atoms with Crippen molar-refractivity contribution >= 4 is 11.8 Å². The van der Waals surface area contributed by atoms with Gasteiger partial charge in [-0.3, -0.25) is 0 Å². The summed E-state index contributed by atoms with van der Waals surface area (Å²) in [6.45, 7) is 5.83. The molecule has 0 bridgehead atoms. The lowest BCUT2D eigenvalue weighted by molar-refractivity contribution is 0.112. The Bertz CT molecular complexity index is 373. The van der Waals surface area contributed by atoms with Gasteiger partial charge < -0.3 is 10.2 Å². The first-order valence-corrected chi connectivity index (χ1v) is 7.08. The van der Waals surface area contributed by atoms with Crippen LogP contribution in [0.25, 0.3) is 0 Å². The summed E-state index contributed by atoms with van der Waals surface area (Å²) in [7, 11) is 0. The fourth-order valence-electron chi connectivity index (χ4n) is 1.38. The highest BCUT2D eigenvalue weighted by Crippen LogP contribution is 2.31. The molecule has 1 rings (SSSR count). The fraction of sp³-hybridized carbons (Fsp3) is 0.467. The average Bonchev–Trinajstić information content (AvgIpc) is 2.37. The molecule has 2 nitrogen and oxygen atoms in total. The summed E-state index contributed by atoms with van der Waals surface area (Å²) in [5.41, 5.74) is -0.885. The van der Waals surface area contributed by atoms with Crippen molar-refractivity contribution in [1.82, 2.24) is 0 Å². The lowest BCUT2D eigenvalue weighted by atomic mass is 10.0. The molecule has 0 unspecified atom stereocenters. The van der Waals surface area contributed by atoms with Gasteiger partial charge >= 0.3 is 0 Å². The van der Waals surface area contributed by atoms with Crippen LogP contribution in [0.5, 0.6) is 0 Å². The SMILES string of the molecule is C[C@H](/C=C/[C@@](C)(O)[C@H](C)Sc1ccccc1)CO. The molecule has 1 aromatic rings. The van der Waals surface area contributed by atoms with E-state index in [1.165, 1.54) is 0 Å². The molecule has 18 heavy (non-hydrogen) atoms. The summed E-state index contributed by atoms with van der Waals surface area (Å²) in [5.74, 6) is 0.0744. The molecule has 0 aliphatic rings. The van der Waals surface area contributed by atoms with Crippen molar-refractivity contribution in [1.29, 1.82) is 0 Å². The molecule has 0 aliphatic carbocycles. The number of hydrogen-bond donors (Lipinski definition) is 2. The standard InChI is InChI=1S/C15H22O2S/c1-12(11-16)9-10-15(3,17)13(2)18-14-7-5-4-6-8-14/h4-10,12-13,16-17H,11H2,1-3H3/b10-9+/t12-,13+,15-/m1/s1. The van der Waals surface area contributed by atoms with E-state index in [9.17, 15) is 5.11 Å². The molecule has 0 aliphatic heterocycles. The van der Waals surface area contributed by atoms with Gasteiger partial charge in [0.05, 0.1) is 5.60 Å². The molecule has 0 radical (unpaired) electrons. The van der Waals surface area contributed by atoms with Gasteiger partial charge in [0.2, 0.25) is 0 Å². The molecule has 3 heteroatoms. The van der Waals surface area contributed by atoms with Crippen LogP contribution in [0, 0.1) is 5.92 Å². The highest BCUT2D eigenvalue weighted by Gasteiger charge is 2.26. The highest BCUT2D eigenvalue weighted by molar-refractivity contribution is 8.00. The number of hydrogen-bond acceptors (Lipinski definition) is 3. The molecular formula is C15H22O2S. The van der Waals surface area contributed by atoms with Crippen molar-refractivity contribution in [2.75, 3.05) is 6.61 Å². The second-order valence-electron chi connectivity index (χ2n) is 4.82. The fourth-order valence-corrected chi connectivity index (χ4v) is 2.42. The zero-order valence-electron chi connectivity index (χ0n) is 11.2. The molecule has 0 fully saturated rings. The van der Waals surface area contributed by atoms with Crippen molar-refractivity contribution in [3.8, 4) is 0 Å². The summed E-state index contributed by atoms with van der Waals surface area (Å²) in [6.07, 6.45) is 3.65. The first-order chi connectivity index (χ1) is 8.45. The van der Waals surface area contributed by atoms with Gasteiger partial charge in [-0.1, -0.05) is 37.3 Å². The first kappa shape index (κ1) is 15.3. The van der Waals surface area contributed by atoms with Crippen LogP contribution in [0.15, 0.2) is 47.4 Å². The number of aliphatic hydroxyl groups is 2. The summed E-state index contributed by atoms with van der Waals surface area (Å²) in [5, 5.41) is 19.4. The molecule has 3 atom stereocenters. The summed E-state index contributed by atoms with van der Waals surface area (Å²) in [6, 6.07) is 10.0. The maximum Gasteiger partial charge on any atom is 0.0918 e. The smallest absolute Gasteiger partial charge is 0.0918 e. The summed E-state index contributed by atoms with van der Waals surface area (Å²) in [4.78, 5) is 1.15. The van der Waals surface area contributed by atoms with Crippen LogP contribution >= 0.6 is 11.8 Å². The molecule has 0 saturated heterocycles. The van der Waals surface area contributed by atoms with Crippen molar-refractivity contribution in [3.05, 3.63) is 42.5 Å². The zero-order valence-corrected chi connectivity index (χ0v) is 12.0. The van der Waals surface area contributed by atoms with E-state index in [1.54, 1.807) is 24.8 Å². The molecule has 100 valence electrons. The Kier molecular flexibility index (Phi) is 5.93. The van der Waals surface area contributed by atoms with Crippen LogP contribution in [0.3, 0.4) is 0 Å². The Morgan fingerprint density at radius 1 is 1.28 bits per heavy atom. The van der Waals surface area contributed by atoms with Gasteiger partial charge in [0.1, 0.15) is 0 Å². The van der Waals surface area contributed by atoms with Gasteiger partial charge in [0.25, 0.3) is 0 Å². The molecule has 1 aromatic carbocycles. The van der Waals surface area contributed by atoms with Crippen LogP contribution in [0.2, 0.25) is 0 Å². The van der Waals surface area contributed by atoms with Gasteiger partial charge in [-0.2, -0.15) is 0 Å². The van der Waals surface area contributed by atoms with Crippen molar-refractivity contribution in [2.45, 2.75) is 36.5 Å². The molecule has 0 heterocycles. The number of aliphatic hydroxyl groups excluding tert-OH is 1. The minimum atomic E-state index is -0.885. The van der Waals surface area contributed by atoms with E-state index in [-0.39, 0.29) is 17.8 Å². The molecule has 0 saturated carbocycles. The maximum atomic E-state index is 10.4. The van der Waals surface area contributed by atoms with Gasteiger partial charge in [-0.25, -0.2) is 0 Å². The van der Waals surface area contributed by atoms with Gasteiger partial charge in [-0.05, 0) is 31.9 Å². The number of thioether (sulfide) groups is 1. The predicted octanol–water partition coefficient (Wildman–Crippen LogP) is 3.10. The van der Waals surface area contributed by atoms with E-state index in [1.807, 2.05) is 50.3 Å². The Balaban J connectivity index is 2.64. The molecule has 0 spiro atoms. The zero-order chi connectivity index (χ0) is 13.6. The lowest BCUT2D eigenvalue weighted by Crippen LogP contribution is -2.32. The predicted molar refractivity (Wildman–Crippen MR) is 77.8 cm³/mol. The van der Waals surface area contributed by atoms with Gasteiger partial charge in [0, 0.05) is 16.8 Å². The van der Waals surface area contributed by atoms with Gasteiger partial charge in [-0.15, -0.1) is 11.8 Å². The third-order valence-electron chi connectivity index (χ3n) is 2.93. The lowest BCUT2D eigenvalue weighted by Gasteiger charge is -2.27. The largest absolute Gasteiger partial charge is 0.396 e. The summed E-state index contributed by atoms with van der Waals surface area (Å²) < 4.78 is 0. The second kappa shape index (κ2) is 6.98. The Hall–Kier alpha value is -0.770. The second-order valence-corrected chi connectivity index (χ2v) is 6.23. The van der Waals surface area contributed by atoms with E-state index < -0.39 is 5.60 Å². The van der Waals surface area contributed by atoms with Crippen LogP contribution in [0.1, 0.15) is 20.8 Å². The van der Waals surface area contributed by atoms with E-state index in [2.05, 4.69) is 0 Å². The average molecular weight is 266 g/mol. The minimum Gasteiger partial charge on any atom is -0.396 e. The Morgan fingerprint density at radius 3 is 2.44 bits per heavy atom. The van der Waals surface area contributed by atoms with Crippen molar-refractivity contribution < 1.29 is 10.2 Å². The van der Waals surface area contributed by atoms with Crippen molar-refractivity contribution in [3.63, 3.8) is 0 Å². The molecule has 0 amide bonds. The highest BCUT2D eigenvalue weighted by atomic mass is 32.2. The van der Waals surface area contributed by atoms with E-state index in [0.717, 1.165) is 4.90 Å².